The van der Waals surface area contributed by atoms with Crippen LogP contribution < -0.4 is 5.48 Å². The Balaban J connectivity index is 0.00000204. The van der Waals surface area contributed by atoms with Gasteiger partial charge in [0, 0.05) is 43.8 Å². The average molecular weight is 400 g/mol. The standard InChI is InChI=1S/C22H31N3O2.C2H6/c1-5-7-8-19(6-2)16-25-17(3)13-24(14-18(25)4)15-20-9-11-21(12-10-20)22(26)23-27;1-2/h5-12,17-18,27H,2,13-16H2,1,3-4H3,(H,23,26);1-2H3/b7-5-,19-8+;/t17-,18?;/m0./s1. The molecule has 29 heavy (non-hydrogen) atoms. The maximum absolute atomic E-state index is 11.4. The number of carbonyl (C=O) groups is 1. The molecule has 160 valence electrons. The molecule has 2 rings (SSSR count). The van der Waals surface area contributed by atoms with Gasteiger partial charge in [0.2, 0.25) is 0 Å². The fourth-order valence-electron chi connectivity index (χ4n) is 3.61. The molecule has 0 radical (unpaired) electrons. The van der Waals surface area contributed by atoms with Crippen LogP contribution in [0.4, 0.5) is 0 Å². The molecule has 1 amide bonds. The highest BCUT2D eigenvalue weighted by atomic mass is 16.5. The summed E-state index contributed by atoms with van der Waals surface area (Å²) in [6.45, 7) is 18.3. The normalized spacial score (nSPS) is 20.8. The number of nitrogens with one attached hydrogen (secondary N) is 1. The number of nitrogens with zero attached hydrogens (tertiary/aromatic N) is 2. The van der Waals surface area contributed by atoms with Crippen LogP contribution in [0.2, 0.25) is 0 Å². The third-order valence-corrected chi connectivity index (χ3v) is 5.03. The molecule has 0 aromatic heterocycles. The summed E-state index contributed by atoms with van der Waals surface area (Å²) < 4.78 is 0. The maximum Gasteiger partial charge on any atom is 0.274 e. The van der Waals surface area contributed by atoms with Crippen molar-refractivity contribution >= 4 is 5.91 Å². The van der Waals surface area contributed by atoms with Crippen LogP contribution in [0.1, 0.15) is 50.5 Å². The number of allylic oxidation sites excluding steroid dienone is 3. The van der Waals surface area contributed by atoms with Gasteiger partial charge in [0.15, 0.2) is 0 Å². The van der Waals surface area contributed by atoms with E-state index in [0.717, 1.165) is 31.7 Å². The van der Waals surface area contributed by atoms with Gasteiger partial charge in [-0.15, -0.1) is 0 Å². The largest absolute Gasteiger partial charge is 0.296 e. The number of hydroxylamine groups is 1. The molecule has 1 aromatic carbocycles. The lowest BCUT2D eigenvalue weighted by atomic mass is 10.0. The Bertz CT molecular complexity index is 683. The lowest BCUT2D eigenvalue weighted by molar-refractivity contribution is 0.0427. The molecule has 2 N–H and O–H groups in total. The zero-order valence-electron chi connectivity index (χ0n) is 18.6. The van der Waals surface area contributed by atoms with Crippen molar-refractivity contribution in [3.8, 4) is 0 Å². The van der Waals surface area contributed by atoms with Crippen LogP contribution in [0.25, 0.3) is 0 Å². The highest BCUT2D eigenvalue weighted by Crippen LogP contribution is 2.20. The number of rotatable bonds is 7. The first-order chi connectivity index (χ1) is 14.0. The molecule has 1 fully saturated rings. The zero-order chi connectivity index (χ0) is 21.8. The van der Waals surface area contributed by atoms with Crippen molar-refractivity contribution in [3.05, 3.63) is 71.8 Å². The number of hydrogen-bond donors (Lipinski definition) is 2. The molecule has 1 aromatic rings. The Kier molecular flexibility index (Phi) is 11.2. The number of carbonyl (C=O) groups excluding carboxylic acids is 1. The van der Waals surface area contributed by atoms with Crippen LogP contribution in [0.5, 0.6) is 0 Å². The maximum atomic E-state index is 11.4. The molecule has 0 saturated carbocycles. The first-order valence-corrected chi connectivity index (χ1v) is 10.4. The van der Waals surface area contributed by atoms with Crippen LogP contribution in [-0.4, -0.2) is 52.6 Å². The summed E-state index contributed by atoms with van der Waals surface area (Å²) in [6.07, 6.45) is 8.16. The molecule has 2 atom stereocenters. The Hall–Kier alpha value is -2.21. The molecule has 5 nitrogen and oxygen atoms in total. The molecule has 5 heteroatoms. The lowest BCUT2D eigenvalue weighted by Crippen LogP contribution is -2.56. The van der Waals surface area contributed by atoms with E-state index >= 15 is 0 Å². The van der Waals surface area contributed by atoms with Gasteiger partial charge >= 0.3 is 0 Å². The van der Waals surface area contributed by atoms with Crippen molar-refractivity contribution in [2.45, 2.75) is 53.2 Å². The fraction of sp³-hybridized carbons (Fsp3) is 0.458. The monoisotopic (exact) mass is 399 g/mol. The summed E-state index contributed by atoms with van der Waals surface area (Å²) >= 11 is 0. The number of amides is 1. The van der Waals surface area contributed by atoms with E-state index < -0.39 is 5.91 Å². The SMILES string of the molecule is C=C/C(=C\C=C/C)CN1C(C)CN(Cc2ccc(C(=O)NO)cc2)C[C@@H]1C.CC. The third kappa shape index (κ3) is 7.61. The van der Waals surface area contributed by atoms with Gasteiger partial charge in [-0.2, -0.15) is 0 Å². The molecule has 1 saturated heterocycles. The number of hydrogen-bond acceptors (Lipinski definition) is 4. The Morgan fingerprint density at radius 1 is 1.21 bits per heavy atom. The van der Waals surface area contributed by atoms with E-state index in [-0.39, 0.29) is 0 Å². The smallest absolute Gasteiger partial charge is 0.274 e. The molecule has 1 heterocycles. The van der Waals surface area contributed by atoms with Crippen molar-refractivity contribution in [3.63, 3.8) is 0 Å². The van der Waals surface area contributed by atoms with Crippen LogP contribution in [0, 0.1) is 0 Å². The van der Waals surface area contributed by atoms with Crippen LogP contribution in [-0.2, 0) is 6.54 Å². The molecular weight excluding hydrogens is 362 g/mol. The second-order valence-electron chi connectivity index (χ2n) is 7.17. The Morgan fingerprint density at radius 2 is 1.79 bits per heavy atom. The third-order valence-electron chi connectivity index (χ3n) is 5.03. The van der Waals surface area contributed by atoms with Crippen molar-refractivity contribution in [1.29, 1.82) is 0 Å². The zero-order valence-corrected chi connectivity index (χ0v) is 18.6. The molecule has 0 aliphatic carbocycles. The highest BCUT2D eigenvalue weighted by Gasteiger charge is 2.29. The van der Waals surface area contributed by atoms with E-state index in [1.54, 1.807) is 17.6 Å². The second kappa shape index (κ2) is 13.1. The van der Waals surface area contributed by atoms with Crippen molar-refractivity contribution < 1.29 is 10.0 Å². The summed E-state index contributed by atoms with van der Waals surface area (Å²) in [5, 5.41) is 8.70. The first-order valence-electron chi connectivity index (χ1n) is 10.4. The minimum Gasteiger partial charge on any atom is -0.296 e. The highest BCUT2D eigenvalue weighted by molar-refractivity contribution is 5.93. The summed E-state index contributed by atoms with van der Waals surface area (Å²) in [7, 11) is 0. The van der Waals surface area contributed by atoms with Gasteiger partial charge < -0.3 is 0 Å². The summed E-state index contributed by atoms with van der Waals surface area (Å²) in [5.41, 5.74) is 4.52. The molecule has 1 aliphatic heterocycles. The minimum atomic E-state index is -0.485. The van der Waals surface area contributed by atoms with E-state index in [1.165, 1.54) is 5.57 Å². The van der Waals surface area contributed by atoms with E-state index in [9.17, 15) is 4.79 Å². The summed E-state index contributed by atoms with van der Waals surface area (Å²) in [6, 6.07) is 8.27. The van der Waals surface area contributed by atoms with Gasteiger partial charge in [-0.05, 0) is 44.0 Å². The van der Waals surface area contributed by atoms with E-state index in [4.69, 9.17) is 5.21 Å². The Morgan fingerprint density at radius 3 is 2.28 bits per heavy atom. The van der Waals surface area contributed by atoms with E-state index in [2.05, 4.69) is 42.4 Å². The second-order valence-corrected chi connectivity index (χ2v) is 7.17. The van der Waals surface area contributed by atoms with Gasteiger partial charge in [0.1, 0.15) is 0 Å². The minimum absolute atomic E-state index is 0.446. The van der Waals surface area contributed by atoms with Crippen molar-refractivity contribution in [2.24, 2.45) is 0 Å². The van der Waals surface area contributed by atoms with E-state index in [1.807, 2.05) is 45.1 Å². The predicted octanol–water partition coefficient (Wildman–Crippen LogP) is 4.41. The van der Waals surface area contributed by atoms with Crippen molar-refractivity contribution in [2.75, 3.05) is 19.6 Å². The molecule has 0 bridgehead atoms. The molecule has 0 spiro atoms. The first kappa shape index (κ1) is 24.8. The molecular formula is C24H37N3O2. The van der Waals surface area contributed by atoms with Gasteiger partial charge in [-0.25, -0.2) is 5.48 Å². The summed E-state index contributed by atoms with van der Waals surface area (Å²) in [4.78, 5) is 16.4. The lowest BCUT2D eigenvalue weighted by Gasteiger charge is -2.44. The van der Waals surface area contributed by atoms with Crippen LogP contribution in [0.15, 0.2) is 60.7 Å². The molecule has 1 unspecified atom stereocenters. The summed E-state index contributed by atoms with van der Waals surface area (Å²) in [5.74, 6) is -0.485. The van der Waals surface area contributed by atoms with Gasteiger partial charge in [-0.3, -0.25) is 19.8 Å². The van der Waals surface area contributed by atoms with Gasteiger partial charge in [-0.1, -0.05) is 56.9 Å². The van der Waals surface area contributed by atoms with E-state index in [0.29, 0.717) is 17.6 Å². The average Bonchev–Trinajstić information content (AvgIpc) is 2.74. The Labute approximate surface area is 176 Å². The van der Waals surface area contributed by atoms with Crippen LogP contribution >= 0.6 is 0 Å². The number of piperazine rings is 1. The van der Waals surface area contributed by atoms with Gasteiger partial charge in [0.25, 0.3) is 5.91 Å². The number of benzene rings is 1. The van der Waals surface area contributed by atoms with Crippen molar-refractivity contribution in [1.82, 2.24) is 15.3 Å². The van der Waals surface area contributed by atoms with Crippen LogP contribution in [0.3, 0.4) is 0 Å². The fourth-order valence-corrected chi connectivity index (χ4v) is 3.61. The molecule has 1 aliphatic rings. The predicted molar refractivity (Wildman–Crippen MR) is 121 cm³/mol. The topological polar surface area (TPSA) is 55.8 Å². The quantitative estimate of drug-likeness (QED) is 0.405. The van der Waals surface area contributed by atoms with Gasteiger partial charge in [0.05, 0.1) is 0 Å².